The molecule has 136 valence electrons. The number of ether oxygens (including phenoxy) is 2. The largest absolute Gasteiger partial charge is 0.493 e. The molecule has 0 aromatic heterocycles. The standard InChI is InChI=1S/C20H27ClN2O2/c1-3-22-11-6-12-23-14-16-9-10-19(20(13-16)24-2)25-15-17-7-4-5-8-18(17)21/h4-5,7-10,13,22-23H,3,6,11-12,14-15H2,1-2H3. The first-order valence-electron chi connectivity index (χ1n) is 8.69. The quantitative estimate of drug-likeness (QED) is 0.592. The molecule has 2 rings (SSSR count). The van der Waals surface area contributed by atoms with Gasteiger partial charge < -0.3 is 20.1 Å². The van der Waals surface area contributed by atoms with E-state index < -0.39 is 0 Å². The van der Waals surface area contributed by atoms with E-state index in [-0.39, 0.29) is 0 Å². The zero-order valence-corrected chi connectivity index (χ0v) is 15.7. The maximum absolute atomic E-state index is 6.17. The number of nitrogens with one attached hydrogen (secondary N) is 2. The smallest absolute Gasteiger partial charge is 0.161 e. The van der Waals surface area contributed by atoms with Gasteiger partial charge in [-0.3, -0.25) is 0 Å². The average Bonchev–Trinajstić information content (AvgIpc) is 2.64. The normalized spacial score (nSPS) is 10.7. The number of halogens is 1. The summed E-state index contributed by atoms with van der Waals surface area (Å²) in [6.07, 6.45) is 1.12. The lowest BCUT2D eigenvalue weighted by Gasteiger charge is -2.13. The van der Waals surface area contributed by atoms with Crippen molar-refractivity contribution >= 4 is 11.6 Å². The van der Waals surface area contributed by atoms with Crippen LogP contribution in [-0.2, 0) is 13.2 Å². The Labute approximate surface area is 155 Å². The van der Waals surface area contributed by atoms with Crippen molar-refractivity contribution in [2.45, 2.75) is 26.5 Å². The van der Waals surface area contributed by atoms with Crippen LogP contribution in [0.15, 0.2) is 42.5 Å². The van der Waals surface area contributed by atoms with Crippen molar-refractivity contribution in [3.8, 4) is 11.5 Å². The van der Waals surface area contributed by atoms with E-state index in [9.17, 15) is 0 Å². The van der Waals surface area contributed by atoms with Gasteiger partial charge in [-0.1, -0.05) is 42.8 Å². The van der Waals surface area contributed by atoms with Crippen molar-refractivity contribution in [2.75, 3.05) is 26.7 Å². The Morgan fingerprint density at radius 1 is 1.00 bits per heavy atom. The molecule has 0 atom stereocenters. The molecule has 0 aliphatic heterocycles. The molecule has 0 aliphatic carbocycles. The third-order valence-corrected chi connectivity index (χ3v) is 4.22. The Balaban J connectivity index is 1.87. The molecule has 0 heterocycles. The first kappa shape index (κ1) is 19.6. The molecule has 2 N–H and O–H groups in total. The second-order valence-electron chi connectivity index (χ2n) is 5.75. The van der Waals surface area contributed by atoms with E-state index in [1.54, 1.807) is 7.11 Å². The van der Waals surface area contributed by atoms with E-state index in [1.165, 1.54) is 5.56 Å². The maximum Gasteiger partial charge on any atom is 0.161 e. The highest BCUT2D eigenvalue weighted by atomic mass is 35.5. The number of rotatable bonds is 11. The molecule has 0 amide bonds. The molecule has 0 unspecified atom stereocenters. The summed E-state index contributed by atoms with van der Waals surface area (Å²) in [5.41, 5.74) is 2.13. The molecule has 0 saturated carbocycles. The van der Waals surface area contributed by atoms with Gasteiger partial charge in [-0.15, -0.1) is 0 Å². The van der Waals surface area contributed by atoms with Crippen LogP contribution < -0.4 is 20.1 Å². The fraction of sp³-hybridized carbons (Fsp3) is 0.400. The van der Waals surface area contributed by atoms with E-state index in [0.29, 0.717) is 11.6 Å². The lowest BCUT2D eigenvalue weighted by Crippen LogP contribution is -2.21. The van der Waals surface area contributed by atoms with Gasteiger partial charge in [0, 0.05) is 17.1 Å². The van der Waals surface area contributed by atoms with E-state index >= 15 is 0 Å². The second-order valence-corrected chi connectivity index (χ2v) is 6.16. The molecule has 5 heteroatoms. The van der Waals surface area contributed by atoms with E-state index in [1.807, 2.05) is 36.4 Å². The van der Waals surface area contributed by atoms with Gasteiger partial charge >= 0.3 is 0 Å². The minimum Gasteiger partial charge on any atom is -0.493 e. The fourth-order valence-electron chi connectivity index (χ4n) is 2.46. The molecule has 2 aromatic rings. The van der Waals surface area contributed by atoms with Crippen LogP contribution in [0.1, 0.15) is 24.5 Å². The van der Waals surface area contributed by atoms with Crippen LogP contribution in [0.3, 0.4) is 0 Å². The Hall–Kier alpha value is -1.75. The Bertz CT molecular complexity index is 649. The monoisotopic (exact) mass is 362 g/mol. The summed E-state index contributed by atoms with van der Waals surface area (Å²) in [6.45, 7) is 6.40. The van der Waals surface area contributed by atoms with Gasteiger partial charge in [0.15, 0.2) is 11.5 Å². The third kappa shape index (κ3) is 6.58. The van der Waals surface area contributed by atoms with Gasteiger partial charge in [-0.05, 0) is 49.8 Å². The Kier molecular flexibility index (Phi) is 8.60. The highest BCUT2D eigenvalue weighted by molar-refractivity contribution is 6.31. The van der Waals surface area contributed by atoms with Gasteiger partial charge in [-0.2, -0.15) is 0 Å². The molecule has 0 spiro atoms. The van der Waals surface area contributed by atoms with Crippen molar-refractivity contribution in [3.05, 3.63) is 58.6 Å². The summed E-state index contributed by atoms with van der Waals surface area (Å²) in [4.78, 5) is 0. The van der Waals surface area contributed by atoms with Crippen molar-refractivity contribution < 1.29 is 9.47 Å². The lowest BCUT2D eigenvalue weighted by molar-refractivity contribution is 0.284. The van der Waals surface area contributed by atoms with E-state index in [0.717, 1.165) is 49.7 Å². The van der Waals surface area contributed by atoms with E-state index in [2.05, 4.69) is 23.6 Å². The van der Waals surface area contributed by atoms with Gasteiger partial charge in [0.1, 0.15) is 6.61 Å². The lowest BCUT2D eigenvalue weighted by atomic mass is 10.2. The summed E-state index contributed by atoms with van der Waals surface area (Å²) >= 11 is 6.17. The van der Waals surface area contributed by atoms with E-state index in [4.69, 9.17) is 21.1 Å². The molecular weight excluding hydrogens is 336 g/mol. The molecule has 0 aliphatic rings. The van der Waals surface area contributed by atoms with Gasteiger partial charge in [0.25, 0.3) is 0 Å². The second kappa shape index (κ2) is 11.0. The van der Waals surface area contributed by atoms with Crippen LogP contribution in [0.25, 0.3) is 0 Å². The average molecular weight is 363 g/mol. The van der Waals surface area contributed by atoms with Crippen molar-refractivity contribution in [1.82, 2.24) is 10.6 Å². The summed E-state index contributed by atoms with van der Waals surface area (Å²) in [5.74, 6) is 1.46. The first-order valence-corrected chi connectivity index (χ1v) is 9.07. The zero-order valence-electron chi connectivity index (χ0n) is 15.0. The minimum absolute atomic E-state index is 0.415. The van der Waals surface area contributed by atoms with Gasteiger partial charge in [0.2, 0.25) is 0 Å². The predicted octanol–water partition coefficient (Wildman–Crippen LogP) is 4.02. The highest BCUT2D eigenvalue weighted by Crippen LogP contribution is 2.29. The van der Waals surface area contributed by atoms with Crippen LogP contribution in [0.2, 0.25) is 5.02 Å². The minimum atomic E-state index is 0.415. The maximum atomic E-state index is 6.17. The Morgan fingerprint density at radius 2 is 1.80 bits per heavy atom. The summed E-state index contributed by atoms with van der Waals surface area (Å²) in [7, 11) is 1.66. The summed E-state index contributed by atoms with van der Waals surface area (Å²) in [5, 5.41) is 7.47. The molecule has 25 heavy (non-hydrogen) atoms. The van der Waals surface area contributed by atoms with Crippen molar-refractivity contribution in [3.63, 3.8) is 0 Å². The SMILES string of the molecule is CCNCCCNCc1ccc(OCc2ccccc2Cl)c(OC)c1. The summed E-state index contributed by atoms with van der Waals surface area (Å²) < 4.78 is 11.4. The van der Waals surface area contributed by atoms with Crippen LogP contribution in [0.4, 0.5) is 0 Å². The molecule has 0 fully saturated rings. The predicted molar refractivity (Wildman–Crippen MR) is 104 cm³/mol. The molecular formula is C20H27ClN2O2. The number of methoxy groups -OCH3 is 1. The molecule has 4 nitrogen and oxygen atoms in total. The van der Waals surface area contributed by atoms with Crippen LogP contribution in [-0.4, -0.2) is 26.7 Å². The number of benzene rings is 2. The summed E-state index contributed by atoms with van der Waals surface area (Å²) in [6, 6.07) is 13.7. The number of hydrogen-bond acceptors (Lipinski definition) is 4. The molecule has 0 radical (unpaired) electrons. The molecule has 0 saturated heterocycles. The van der Waals surface area contributed by atoms with Gasteiger partial charge in [0.05, 0.1) is 7.11 Å². The van der Waals surface area contributed by atoms with Crippen LogP contribution >= 0.6 is 11.6 Å². The van der Waals surface area contributed by atoms with Gasteiger partial charge in [-0.25, -0.2) is 0 Å². The van der Waals surface area contributed by atoms with Crippen molar-refractivity contribution in [1.29, 1.82) is 0 Å². The topological polar surface area (TPSA) is 42.5 Å². The van der Waals surface area contributed by atoms with Crippen LogP contribution in [0.5, 0.6) is 11.5 Å². The first-order chi connectivity index (χ1) is 12.2. The third-order valence-electron chi connectivity index (χ3n) is 3.86. The highest BCUT2D eigenvalue weighted by Gasteiger charge is 2.07. The van der Waals surface area contributed by atoms with Crippen molar-refractivity contribution in [2.24, 2.45) is 0 Å². The zero-order chi connectivity index (χ0) is 17.9. The van der Waals surface area contributed by atoms with Crippen LogP contribution in [0, 0.1) is 0 Å². The Morgan fingerprint density at radius 3 is 2.56 bits per heavy atom. The number of hydrogen-bond donors (Lipinski definition) is 2. The molecule has 0 bridgehead atoms. The molecule has 2 aromatic carbocycles. The fourth-order valence-corrected chi connectivity index (χ4v) is 2.65.